The second kappa shape index (κ2) is 7.47. The number of hydrogen-bond acceptors (Lipinski definition) is 5. The fourth-order valence-corrected chi connectivity index (χ4v) is 2.87. The summed E-state index contributed by atoms with van der Waals surface area (Å²) < 4.78 is 16.9. The number of anilines is 1. The molecular formula is C20H15FN6O2. The normalized spacial score (nSPS) is 10.7. The fourth-order valence-electron chi connectivity index (χ4n) is 2.87. The van der Waals surface area contributed by atoms with E-state index in [1.165, 1.54) is 40.2 Å². The summed E-state index contributed by atoms with van der Waals surface area (Å²) in [5.74, 6) is -1.23. The minimum absolute atomic E-state index is 0.141. The van der Waals surface area contributed by atoms with Crippen LogP contribution in [0.3, 0.4) is 0 Å². The maximum absolute atomic E-state index is 14.2. The minimum atomic E-state index is -0.715. The predicted octanol–water partition coefficient (Wildman–Crippen LogP) is 2.51. The Balaban J connectivity index is 1.73. The molecular weight excluding hydrogens is 375 g/mol. The van der Waals surface area contributed by atoms with Gasteiger partial charge in [0.1, 0.15) is 24.2 Å². The number of carbonyl (C=O) groups is 1. The van der Waals surface area contributed by atoms with Crippen molar-refractivity contribution in [2.75, 3.05) is 5.32 Å². The zero-order valence-electron chi connectivity index (χ0n) is 15.3. The Bertz CT molecular complexity index is 1250. The highest BCUT2D eigenvalue weighted by atomic mass is 19.1. The van der Waals surface area contributed by atoms with Crippen LogP contribution in [-0.4, -0.2) is 30.5 Å². The monoisotopic (exact) mass is 390 g/mol. The van der Waals surface area contributed by atoms with Crippen LogP contribution in [0.2, 0.25) is 0 Å². The molecule has 0 aliphatic heterocycles. The van der Waals surface area contributed by atoms with E-state index >= 15 is 0 Å². The number of benzene rings is 2. The maximum atomic E-state index is 14.2. The van der Waals surface area contributed by atoms with Crippen LogP contribution < -0.4 is 10.7 Å². The molecule has 1 amide bonds. The highest BCUT2D eigenvalue weighted by Gasteiger charge is 2.18. The van der Waals surface area contributed by atoms with E-state index in [1.54, 1.807) is 43.3 Å². The maximum Gasteiger partial charge on any atom is 0.280 e. The molecule has 2 aromatic heterocycles. The van der Waals surface area contributed by atoms with Gasteiger partial charge < -0.3 is 5.32 Å². The molecule has 1 N–H and O–H groups in total. The number of rotatable bonds is 4. The number of nitrogens with zero attached hydrogens (tertiary/aromatic N) is 5. The van der Waals surface area contributed by atoms with Crippen molar-refractivity contribution in [3.8, 4) is 11.4 Å². The summed E-state index contributed by atoms with van der Waals surface area (Å²) in [5.41, 5.74) is 0.613. The van der Waals surface area contributed by atoms with Gasteiger partial charge in [0.25, 0.3) is 5.91 Å². The van der Waals surface area contributed by atoms with Gasteiger partial charge in [-0.25, -0.2) is 18.7 Å². The number of carbonyl (C=O) groups excluding carboxylic acids is 1. The molecule has 0 atom stereocenters. The van der Waals surface area contributed by atoms with Gasteiger partial charge in [0.05, 0.1) is 11.4 Å². The Morgan fingerprint density at radius 3 is 2.52 bits per heavy atom. The lowest BCUT2D eigenvalue weighted by Gasteiger charge is -2.13. The SMILES string of the molecule is Cc1cc(=O)c(C(=O)Nc2ccccc2-n2cncn2)nn1-c1ccccc1F. The molecule has 8 nitrogen and oxygen atoms in total. The first-order chi connectivity index (χ1) is 14.0. The first-order valence-electron chi connectivity index (χ1n) is 8.66. The summed E-state index contributed by atoms with van der Waals surface area (Å²) in [6.45, 7) is 1.61. The topological polar surface area (TPSA) is 94.7 Å². The average Bonchev–Trinajstić information content (AvgIpc) is 3.24. The smallest absolute Gasteiger partial charge is 0.280 e. The molecule has 0 spiro atoms. The van der Waals surface area contributed by atoms with E-state index in [1.807, 2.05) is 0 Å². The zero-order chi connectivity index (χ0) is 20.4. The molecule has 0 aliphatic rings. The van der Waals surface area contributed by atoms with E-state index < -0.39 is 17.2 Å². The van der Waals surface area contributed by atoms with E-state index in [0.29, 0.717) is 17.1 Å². The molecule has 4 rings (SSSR count). The third-order valence-electron chi connectivity index (χ3n) is 4.22. The Kier molecular flexibility index (Phi) is 4.70. The average molecular weight is 390 g/mol. The number of aromatic nitrogens is 5. The van der Waals surface area contributed by atoms with Gasteiger partial charge in [-0.15, -0.1) is 0 Å². The minimum Gasteiger partial charge on any atom is -0.319 e. The molecule has 29 heavy (non-hydrogen) atoms. The van der Waals surface area contributed by atoms with E-state index in [-0.39, 0.29) is 11.4 Å². The third kappa shape index (κ3) is 3.53. The van der Waals surface area contributed by atoms with Crippen LogP contribution >= 0.6 is 0 Å². The van der Waals surface area contributed by atoms with Crippen molar-refractivity contribution in [3.05, 3.63) is 94.7 Å². The van der Waals surface area contributed by atoms with Crippen molar-refractivity contribution < 1.29 is 9.18 Å². The summed E-state index contributed by atoms with van der Waals surface area (Å²) in [4.78, 5) is 29.1. The van der Waals surface area contributed by atoms with Crippen LogP contribution in [0.5, 0.6) is 0 Å². The molecule has 0 unspecified atom stereocenters. The molecule has 2 heterocycles. The molecule has 0 saturated heterocycles. The zero-order valence-corrected chi connectivity index (χ0v) is 15.3. The van der Waals surface area contributed by atoms with E-state index in [9.17, 15) is 14.0 Å². The summed E-state index contributed by atoms with van der Waals surface area (Å²) in [6.07, 6.45) is 2.85. The molecule has 0 radical (unpaired) electrons. The lowest BCUT2D eigenvalue weighted by Crippen LogP contribution is -2.27. The molecule has 4 aromatic rings. The Hall–Kier alpha value is -4.14. The van der Waals surface area contributed by atoms with Gasteiger partial charge in [0.15, 0.2) is 5.69 Å². The standard InChI is InChI=1S/C20H15FN6O2/c1-13-10-18(28)19(25-27(13)16-8-4-2-6-14(16)21)20(29)24-15-7-3-5-9-17(15)26-12-22-11-23-26/h2-12H,1H3,(H,24,29). The fraction of sp³-hybridized carbons (Fsp3) is 0.0500. The van der Waals surface area contributed by atoms with Gasteiger partial charge >= 0.3 is 0 Å². The number of para-hydroxylation sites is 3. The van der Waals surface area contributed by atoms with Gasteiger partial charge in [0, 0.05) is 11.8 Å². The van der Waals surface area contributed by atoms with Crippen molar-refractivity contribution in [2.45, 2.75) is 6.92 Å². The quantitative estimate of drug-likeness (QED) is 0.578. The van der Waals surface area contributed by atoms with Crippen LogP contribution in [0.15, 0.2) is 72.0 Å². The van der Waals surface area contributed by atoms with Crippen LogP contribution in [-0.2, 0) is 0 Å². The van der Waals surface area contributed by atoms with E-state index in [0.717, 1.165) is 0 Å². The van der Waals surface area contributed by atoms with Gasteiger partial charge in [-0.2, -0.15) is 10.2 Å². The molecule has 0 aliphatic carbocycles. The van der Waals surface area contributed by atoms with Crippen molar-refractivity contribution >= 4 is 11.6 Å². The molecule has 0 bridgehead atoms. The number of aryl methyl sites for hydroxylation is 1. The highest BCUT2D eigenvalue weighted by molar-refractivity contribution is 6.03. The van der Waals surface area contributed by atoms with Crippen LogP contribution in [0.1, 0.15) is 16.2 Å². The third-order valence-corrected chi connectivity index (χ3v) is 4.22. The summed E-state index contributed by atoms with van der Waals surface area (Å²) in [6, 6.07) is 14.2. The van der Waals surface area contributed by atoms with E-state index in [2.05, 4.69) is 20.5 Å². The van der Waals surface area contributed by atoms with Crippen LogP contribution in [0.4, 0.5) is 10.1 Å². The lowest BCUT2D eigenvalue weighted by atomic mass is 10.2. The predicted molar refractivity (Wildman–Crippen MR) is 104 cm³/mol. The Morgan fingerprint density at radius 2 is 1.79 bits per heavy atom. The van der Waals surface area contributed by atoms with Crippen molar-refractivity contribution in [1.29, 1.82) is 0 Å². The second-order valence-electron chi connectivity index (χ2n) is 6.17. The summed E-state index contributed by atoms with van der Waals surface area (Å²) in [5, 5.41) is 10.8. The first kappa shape index (κ1) is 18.2. The lowest BCUT2D eigenvalue weighted by molar-refractivity contribution is 0.101. The Morgan fingerprint density at radius 1 is 1.07 bits per heavy atom. The van der Waals surface area contributed by atoms with Gasteiger partial charge in [-0.05, 0) is 31.2 Å². The highest BCUT2D eigenvalue weighted by Crippen LogP contribution is 2.19. The summed E-state index contributed by atoms with van der Waals surface area (Å²) in [7, 11) is 0. The van der Waals surface area contributed by atoms with Crippen LogP contribution in [0, 0.1) is 12.7 Å². The number of halogens is 1. The van der Waals surface area contributed by atoms with Gasteiger partial charge in [-0.3, -0.25) is 9.59 Å². The van der Waals surface area contributed by atoms with Gasteiger partial charge in [0.2, 0.25) is 5.43 Å². The number of amides is 1. The number of hydrogen-bond donors (Lipinski definition) is 1. The molecule has 144 valence electrons. The summed E-state index contributed by atoms with van der Waals surface area (Å²) >= 11 is 0. The Labute approximate surface area is 164 Å². The largest absolute Gasteiger partial charge is 0.319 e. The molecule has 0 saturated carbocycles. The molecule has 9 heteroatoms. The van der Waals surface area contributed by atoms with Crippen molar-refractivity contribution in [2.24, 2.45) is 0 Å². The van der Waals surface area contributed by atoms with Crippen LogP contribution in [0.25, 0.3) is 11.4 Å². The molecule has 2 aromatic carbocycles. The van der Waals surface area contributed by atoms with E-state index in [4.69, 9.17) is 0 Å². The number of nitrogens with one attached hydrogen (secondary N) is 1. The van der Waals surface area contributed by atoms with Crippen molar-refractivity contribution in [3.63, 3.8) is 0 Å². The van der Waals surface area contributed by atoms with Gasteiger partial charge in [-0.1, -0.05) is 24.3 Å². The van der Waals surface area contributed by atoms with Crippen molar-refractivity contribution in [1.82, 2.24) is 24.5 Å². The molecule has 0 fully saturated rings. The first-order valence-corrected chi connectivity index (χ1v) is 8.66. The second-order valence-corrected chi connectivity index (χ2v) is 6.17.